The van der Waals surface area contributed by atoms with Crippen LogP contribution in [-0.4, -0.2) is 54.0 Å². The molecular formula is C21H28Cl2N5O7P. The molecule has 2 aromatic heterocycles. The zero-order chi connectivity index (χ0) is 26.7. The van der Waals surface area contributed by atoms with Gasteiger partial charge in [-0.05, 0) is 17.7 Å². The van der Waals surface area contributed by atoms with Gasteiger partial charge in [0.1, 0.15) is 5.52 Å². The van der Waals surface area contributed by atoms with Gasteiger partial charge in [0.05, 0.1) is 42.6 Å². The lowest BCUT2D eigenvalue weighted by molar-refractivity contribution is -0.00236. The van der Waals surface area contributed by atoms with Gasteiger partial charge in [0.15, 0.2) is 11.7 Å². The normalized spacial score (nSPS) is 13.3. The highest BCUT2D eigenvalue weighted by atomic mass is 35.5. The Kier molecular flexibility index (Phi) is 9.18. The lowest BCUT2D eigenvalue weighted by Gasteiger charge is -2.33. The van der Waals surface area contributed by atoms with Crippen LogP contribution >= 0.6 is 31.0 Å². The number of ether oxygens (including phenoxy) is 1. The summed E-state index contributed by atoms with van der Waals surface area (Å²) in [7, 11) is -5.01. The third kappa shape index (κ3) is 7.05. The van der Waals surface area contributed by atoms with E-state index in [0.29, 0.717) is 10.0 Å². The van der Waals surface area contributed by atoms with E-state index in [1.54, 1.807) is 39.0 Å². The van der Waals surface area contributed by atoms with Crippen LogP contribution in [0.2, 0.25) is 10.0 Å². The number of phosphoric acid groups is 1. The molecular weight excluding hydrogens is 536 g/mol. The van der Waals surface area contributed by atoms with Gasteiger partial charge in [0.25, 0.3) is 5.56 Å². The minimum Gasteiger partial charge on any atom is -0.394 e. The van der Waals surface area contributed by atoms with Gasteiger partial charge in [0, 0.05) is 12.0 Å². The Labute approximate surface area is 217 Å². The van der Waals surface area contributed by atoms with E-state index in [4.69, 9.17) is 37.6 Å². The van der Waals surface area contributed by atoms with Crippen molar-refractivity contribution in [1.82, 2.24) is 19.3 Å². The van der Waals surface area contributed by atoms with Crippen molar-refractivity contribution in [3.8, 4) is 0 Å². The minimum absolute atomic E-state index is 0.0167. The summed E-state index contributed by atoms with van der Waals surface area (Å²) in [6.07, 6.45) is 0.0148. The van der Waals surface area contributed by atoms with E-state index in [9.17, 15) is 19.1 Å². The molecule has 3 rings (SSSR count). The number of hydrogen-bond donors (Lipinski definition) is 4. The van der Waals surface area contributed by atoms with Gasteiger partial charge in [-0.3, -0.25) is 14.0 Å². The maximum absolute atomic E-state index is 13.8. The number of fused-ring (bicyclic) bond motifs is 1. The maximum Gasteiger partial charge on any atom is 0.471 e. The summed E-state index contributed by atoms with van der Waals surface area (Å²) >= 11 is 12.1. The molecule has 1 atom stereocenters. The number of halogens is 2. The first-order chi connectivity index (χ1) is 16.8. The van der Waals surface area contributed by atoms with E-state index in [-0.39, 0.29) is 49.9 Å². The van der Waals surface area contributed by atoms with Crippen molar-refractivity contribution in [1.29, 1.82) is 0 Å². The average molecular weight is 564 g/mol. The highest BCUT2D eigenvalue weighted by Gasteiger charge is 2.37. The predicted octanol–water partition coefficient (Wildman–Crippen LogP) is 3.17. The molecule has 3 aromatic rings. The molecule has 15 heteroatoms. The second-order valence-corrected chi connectivity index (χ2v) is 11.0. The van der Waals surface area contributed by atoms with Gasteiger partial charge < -0.3 is 24.9 Å². The molecule has 2 heterocycles. The summed E-state index contributed by atoms with van der Waals surface area (Å²) in [5.74, 6) is 0.0167. The molecule has 0 amide bonds. The van der Waals surface area contributed by atoms with Gasteiger partial charge in [-0.1, -0.05) is 50.0 Å². The number of phosphoric ester groups is 1. The Morgan fingerprint density at radius 2 is 1.92 bits per heavy atom. The van der Waals surface area contributed by atoms with E-state index in [0.717, 1.165) is 10.1 Å². The van der Waals surface area contributed by atoms with E-state index in [2.05, 4.69) is 15.4 Å². The molecule has 0 aliphatic heterocycles. The topological polar surface area (TPSA) is 161 Å². The van der Waals surface area contributed by atoms with Crippen molar-refractivity contribution >= 4 is 48.0 Å². The third-order valence-electron chi connectivity index (χ3n) is 5.03. The number of aromatic nitrogens is 4. The molecule has 0 aliphatic carbocycles. The summed E-state index contributed by atoms with van der Waals surface area (Å²) in [5.41, 5.74) is -0.463. The molecule has 36 heavy (non-hydrogen) atoms. The van der Waals surface area contributed by atoms with E-state index >= 15 is 0 Å². The zero-order valence-electron chi connectivity index (χ0n) is 19.9. The third-order valence-corrected chi connectivity index (χ3v) is 6.24. The first kappa shape index (κ1) is 28.5. The number of hydrogen-bond acceptors (Lipinski definition) is 8. The average Bonchev–Trinajstić information content (AvgIpc) is 3.18. The summed E-state index contributed by atoms with van der Waals surface area (Å²) < 4.78 is 24.7. The fourth-order valence-electron chi connectivity index (χ4n) is 3.44. The van der Waals surface area contributed by atoms with Gasteiger partial charge in [0.2, 0.25) is 5.95 Å². The van der Waals surface area contributed by atoms with Gasteiger partial charge in [-0.15, -0.1) is 0 Å². The summed E-state index contributed by atoms with van der Waals surface area (Å²) in [5, 5.41) is 16.9. The largest absolute Gasteiger partial charge is 0.471 e. The van der Waals surface area contributed by atoms with Crippen LogP contribution in [0.25, 0.3) is 11.0 Å². The van der Waals surface area contributed by atoms with Crippen LogP contribution in [0.15, 0.2) is 29.2 Å². The number of aliphatic hydroxyl groups excluding tert-OH is 1. The molecule has 1 unspecified atom stereocenters. The minimum atomic E-state index is -5.01. The highest BCUT2D eigenvalue weighted by molar-refractivity contribution is 7.46. The molecule has 0 aliphatic rings. The SMILES string of the molecule is CC(C)(C)C(OP(=O)(O)O)n1c(NCc2ccc(Cl)c(Cl)c2)nc2cnn(CCOCCO)c2c1=O. The van der Waals surface area contributed by atoms with E-state index in [1.165, 1.54) is 10.9 Å². The fourth-order valence-corrected chi connectivity index (χ4v) is 4.43. The van der Waals surface area contributed by atoms with Crippen LogP contribution < -0.4 is 10.9 Å². The molecule has 4 N–H and O–H groups in total. The van der Waals surface area contributed by atoms with E-state index in [1.807, 2.05) is 0 Å². The standard InChI is InChI=1S/C21H28Cl2N5O7P/c1-21(2,3)19(35-36(31,32)33)28-18(30)17-16(12-25-27(17)6-8-34-9-7-29)26-20(28)24-11-13-4-5-14(22)15(23)10-13/h4-5,10,12,19,29H,6-9,11H2,1-3H3,(H,24,26)(H2,31,32,33). The van der Waals surface area contributed by atoms with Crippen LogP contribution in [0.4, 0.5) is 5.95 Å². The van der Waals surface area contributed by atoms with Crippen LogP contribution in [0.3, 0.4) is 0 Å². The first-order valence-corrected chi connectivity index (χ1v) is 13.2. The summed E-state index contributed by atoms with van der Waals surface area (Å²) in [4.78, 5) is 37.5. The van der Waals surface area contributed by atoms with Crippen LogP contribution in [0.5, 0.6) is 0 Å². The van der Waals surface area contributed by atoms with Gasteiger partial charge >= 0.3 is 7.82 Å². The molecule has 0 fully saturated rings. The van der Waals surface area contributed by atoms with Gasteiger partial charge in [-0.2, -0.15) is 5.10 Å². The van der Waals surface area contributed by atoms with Crippen molar-refractivity contribution in [3.63, 3.8) is 0 Å². The van der Waals surface area contributed by atoms with Crippen molar-refractivity contribution in [2.75, 3.05) is 25.1 Å². The summed E-state index contributed by atoms with van der Waals surface area (Å²) in [6.45, 7) is 5.55. The zero-order valence-corrected chi connectivity index (χ0v) is 22.3. The Bertz CT molecular complexity index is 1320. The lowest BCUT2D eigenvalue weighted by Crippen LogP contribution is -2.37. The summed E-state index contributed by atoms with van der Waals surface area (Å²) in [6, 6.07) is 5.01. The fraction of sp³-hybridized carbons (Fsp3) is 0.476. The second kappa shape index (κ2) is 11.6. The van der Waals surface area contributed by atoms with Crippen LogP contribution in [0, 0.1) is 5.41 Å². The van der Waals surface area contributed by atoms with Gasteiger partial charge in [-0.25, -0.2) is 14.1 Å². The number of aliphatic hydroxyl groups is 1. The predicted molar refractivity (Wildman–Crippen MR) is 135 cm³/mol. The maximum atomic E-state index is 13.8. The Morgan fingerprint density at radius 3 is 2.53 bits per heavy atom. The Hall–Kier alpha value is -2.02. The second-order valence-electron chi connectivity index (χ2n) is 8.96. The van der Waals surface area contributed by atoms with E-state index < -0.39 is 25.0 Å². The molecule has 0 radical (unpaired) electrons. The lowest BCUT2D eigenvalue weighted by atomic mass is 9.94. The molecule has 0 spiro atoms. The molecule has 0 saturated heterocycles. The number of nitrogens with zero attached hydrogens (tertiary/aromatic N) is 4. The quantitative estimate of drug-likeness (QED) is 0.201. The number of anilines is 1. The number of benzene rings is 1. The molecule has 198 valence electrons. The van der Waals surface area contributed by atoms with Crippen LogP contribution in [-0.2, 0) is 26.9 Å². The number of nitrogens with one attached hydrogen (secondary N) is 1. The molecule has 12 nitrogen and oxygen atoms in total. The number of rotatable bonds is 11. The van der Waals surface area contributed by atoms with Crippen molar-refractivity contribution < 1.29 is 28.7 Å². The monoisotopic (exact) mass is 563 g/mol. The van der Waals surface area contributed by atoms with Crippen LogP contribution in [0.1, 0.15) is 32.6 Å². The molecule has 0 bridgehead atoms. The Morgan fingerprint density at radius 1 is 1.19 bits per heavy atom. The van der Waals surface area contributed by atoms with Crippen molar-refractivity contribution in [2.24, 2.45) is 5.41 Å². The first-order valence-electron chi connectivity index (χ1n) is 10.9. The molecule has 0 saturated carbocycles. The molecule has 1 aromatic carbocycles. The Balaban J connectivity index is 2.12. The smallest absolute Gasteiger partial charge is 0.394 e. The van der Waals surface area contributed by atoms with Crippen molar-refractivity contribution in [3.05, 3.63) is 50.4 Å². The highest BCUT2D eigenvalue weighted by Crippen LogP contribution is 2.47. The van der Waals surface area contributed by atoms with Crippen molar-refractivity contribution in [2.45, 2.75) is 40.1 Å².